The first-order valence-electron chi connectivity index (χ1n) is 9.07. The second kappa shape index (κ2) is 7.18. The van der Waals surface area contributed by atoms with Gasteiger partial charge in [0.05, 0.1) is 11.7 Å². The molecule has 0 saturated carbocycles. The molecule has 2 rings (SSSR count). The Hall–Kier alpha value is -1.85. The number of hydrogen-bond acceptors (Lipinski definition) is 4. The maximum Gasteiger partial charge on any atom is 0.410 e. The fourth-order valence-corrected chi connectivity index (χ4v) is 3.59. The summed E-state index contributed by atoms with van der Waals surface area (Å²) in [6.07, 6.45) is 1.11. The van der Waals surface area contributed by atoms with Gasteiger partial charge in [-0.15, -0.1) is 0 Å². The van der Waals surface area contributed by atoms with E-state index in [0.29, 0.717) is 18.9 Å². The predicted octanol–water partition coefficient (Wildman–Crippen LogP) is 3.59. The maximum absolute atomic E-state index is 12.8. The molecule has 0 aromatic carbocycles. The summed E-state index contributed by atoms with van der Waals surface area (Å²) in [4.78, 5) is 26.8. The van der Waals surface area contributed by atoms with Gasteiger partial charge >= 0.3 is 6.09 Å². The van der Waals surface area contributed by atoms with Crippen molar-refractivity contribution in [3.05, 3.63) is 17.0 Å². The van der Waals surface area contributed by atoms with Crippen LogP contribution in [0.5, 0.6) is 0 Å². The highest BCUT2D eigenvalue weighted by Crippen LogP contribution is 2.25. The number of carbonyl (C=O) groups excluding carboxylic acids is 2. The highest BCUT2D eigenvalue weighted by Gasteiger charge is 2.36. The van der Waals surface area contributed by atoms with Crippen molar-refractivity contribution < 1.29 is 14.3 Å². The maximum atomic E-state index is 12.8. The first kappa shape index (κ1) is 19.5. The topological polar surface area (TPSA) is 64.4 Å². The monoisotopic (exact) mass is 349 g/mol. The molecule has 0 N–H and O–H groups in total. The average Bonchev–Trinajstić information content (AvgIpc) is 3.02. The lowest BCUT2D eigenvalue weighted by Crippen LogP contribution is -2.44. The minimum Gasteiger partial charge on any atom is -0.444 e. The zero-order valence-electron chi connectivity index (χ0n) is 16.5. The normalized spacial score (nSPS) is 18.1. The Kier molecular flexibility index (Phi) is 5.59. The van der Waals surface area contributed by atoms with Crippen molar-refractivity contribution in [2.75, 3.05) is 6.54 Å². The van der Waals surface area contributed by atoms with Crippen LogP contribution in [0.3, 0.4) is 0 Å². The molecule has 1 unspecified atom stereocenters. The number of ether oxygens (including phenoxy) is 1. The summed E-state index contributed by atoms with van der Waals surface area (Å²) in [7, 11) is 0. The fraction of sp³-hybridized carbons (Fsp3) is 0.737. The van der Waals surface area contributed by atoms with E-state index in [1.54, 1.807) is 9.58 Å². The van der Waals surface area contributed by atoms with Crippen LogP contribution in [0.2, 0.25) is 0 Å². The molecule has 1 saturated heterocycles. The summed E-state index contributed by atoms with van der Waals surface area (Å²) >= 11 is 0. The van der Waals surface area contributed by atoms with Crippen LogP contribution in [0.4, 0.5) is 4.79 Å². The molecule has 1 aromatic rings. The molecule has 1 aromatic heterocycles. The van der Waals surface area contributed by atoms with Gasteiger partial charge < -0.3 is 4.74 Å². The van der Waals surface area contributed by atoms with Crippen LogP contribution in [0.1, 0.15) is 70.3 Å². The Morgan fingerprint density at radius 1 is 1.28 bits per heavy atom. The van der Waals surface area contributed by atoms with Crippen molar-refractivity contribution >= 4 is 11.9 Å². The largest absolute Gasteiger partial charge is 0.444 e. The molecular weight excluding hydrogens is 318 g/mol. The van der Waals surface area contributed by atoms with Crippen LogP contribution in [0.15, 0.2) is 0 Å². The van der Waals surface area contributed by atoms with E-state index in [-0.39, 0.29) is 12.3 Å². The second-order valence-corrected chi connectivity index (χ2v) is 8.19. The number of aryl methyl sites for hydroxylation is 1. The number of likely N-dealkylation sites (tertiary alicyclic amines) is 1. The van der Waals surface area contributed by atoms with Crippen molar-refractivity contribution in [3.8, 4) is 0 Å². The Morgan fingerprint density at radius 2 is 1.92 bits per heavy atom. The van der Waals surface area contributed by atoms with E-state index in [2.05, 4.69) is 18.9 Å². The molecule has 6 nitrogen and oxygen atoms in total. The first-order chi connectivity index (χ1) is 11.5. The summed E-state index contributed by atoms with van der Waals surface area (Å²) in [6, 6.07) is -0.416. The van der Waals surface area contributed by atoms with Gasteiger partial charge in [-0.05, 0) is 58.9 Å². The number of hydrogen-bond donors (Lipinski definition) is 0. The van der Waals surface area contributed by atoms with Crippen LogP contribution < -0.4 is 0 Å². The number of rotatable bonds is 4. The Bertz CT molecular complexity index is 656. The molecule has 1 aliphatic heterocycles. The molecule has 140 valence electrons. The molecule has 2 heterocycles. The lowest BCUT2D eigenvalue weighted by molar-refractivity contribution is -0.124. The van der Waals surface area contributed by atoms with E-state index in [4.69, 9.17) is 4.74 Å². The quantitative estimate of drug-likeness (QED) is 0.833. The average molecular weight is 349 g/mol. The molecule has 1 atom stereocenters. The van der Waals surface area contributed by atoms with Crippen molar-refractivity contribution in [2.24, 2.45) is 0 Å². The molecule has 1 amide bonds. The minimum atomic E-state index is -0.560. The van der Waals surface area contributed by atoms with Crippen LogP contribution >= 0.6 is 0 Å². The van der Waals surface area contributed by atoms with Gasteiger partial charge in [-0.25, -0.2) is 4.79 Å². The molecule has 6 heteroatoms. The summed E-state index contributed by atoms with van der Waals surface area (Å²) in [5.41, 5.74) is 2.64. The van der Waals surface area contributed by atoms with E-state index < -0.39 is 17.7 Å². The SMILES string of the molecule is Cc1nn(CC(=O)C2CCCN2C(=O)OC(C)(C)C)c(C)c1C(C)C. The Labute approximate surface area is 150 Å². The molecule has 25 heavy (non-hydrogen) atoms. The van der Waals surface area contributed by atoms with Gasteiger partial charge in [-0.1, -0.05) is 13.8 Å². The van der Waals surface area contributed by atoms with E-state index in [0.717, 1.165) is 17.8 Å². The molecule has 0 radical (unpaired) electrons. The van der Waals surface area contributed by atoms with Crippen molar-refractivity contribution in [1.82, 2.24) is 14.7 Å². The number of aromatic nitrogens is 2. The highest BCUT2D eigenvalue weighted by atomic mass is 16.6. The van der Waals surface area contributed by atoms with Crippen molar-refractivity contribution in [3.63, 3.8) is 0 Å². The molecule has 1 fully saturated rings. The zero-order valence-corrected chi connectivity index (χ0v) is 16.5. The number of Topliss-reactive ketones (excluding diaryl/α,β-unsaturated/α-hetero) is 1. The highest BCUT2D eigenvalue weighted by molar-refractivity contribution is 5.87. The molecule has 0 aliphatic carbocycles. The molecule has 1 aliphatic rings. The predicted molar refractivity (Wildman–Crippen MR) is 96.8 cm³/mol. The smallest absolute Gasteiger partial charge is 0.410 e. The summed E-state index contributed by atoms with van der Waals surface area (Å²) in [6.45, 7) is 14.5. The number of amides is 1. The van der Waals surface area contributed by atoms with Crippen molar-refractivity contribution in [1.29, 1.82) is 0 Å². The van der Waals surface area contributed by atoms with E-state index >= 15 is 0 Å². The van der Waals surface area contributed by atoms with Gasteiger partial charge in [-0.3, -0.25) is 14.4 Å². The van der Waals surface area contributed by atoms with Gasteiger partial charge in [0, 0.05) is 12.2 Å². The number of nitrogens with zero attached hydrogens (tertiary/aromatic N) is 3. The fourth-order valence-electron chi connectivity index (χ4n) is 3.59. The second-order valence-electron chi connectivity index (χ2n) is 8.19. The van der Waals surface area contributed by atoms with E-state index in [9.17, 15) is 9.59 Å². The van der Waals surface area contributed by atoms with E-state index in [1.807, 2.05) is 34.6 Å². The third-order valence-corrected chi connectivity index (χ3v) is 4.57. The van der Waals surface area contributed by atoms with Gasteiger partial charge in [-0.2, -0.15) is 5.10 Å². The van der Waals surface area contributed by atoms with Crippen molar-refractivity contribution in [2.45, 2.75) is 85.4 Å². The van der Waals surface area contributed by atoms with E-state index in [1.165, 1.54) is 5.56 Å². The van der Waals surface area contributed by atoms with Crippen LogP contribution in [0, 0.1) is 13.8 Å². The molecule has 0 spiro atoms. The Morgan fingerprint density at radius 3 is 2.44 bits per heavy atom. The summed E-state index contributed by atoms with van der Waals surface area (Å²) in [5, 5.41) is 4.53. The number of ketones is 1. The standard InChI is InChI=1S/C19H31N3O3/c1-12(2)17-13(3)20-22(14(17)4)11-16(23)15-9-8-10-21(15)18(24)25-19(5,6)7/h12,15H,8-11H2,1-7H3. The van der Waals surface area contributed by atoms with Gasteiger partial charge in [0.15, 0.2) is 5.78 Å². The summed E-state index contributed by atoms with van der Waals surface area (Å²) < 4.78 is 7.22. The lowest BCUT2D eigenvalue weighted by atomic mass is 10.0. The Balaban J connectivity index is 2.12. The molecule has 0 bridgehead atoms. The summed E-state index contributed by atoms with van der Waals surface area (Å²) in [5.74, 6) is 0.387. The van der Waals surface area contributed by atoms with Crippen LogP contribution in [-0.4, -0.2) is 44.7 Å². The minimum absolute atomic E-state index is 0.0178. The van der Waals surface area contributed by atoms with Crippen LogP contribution in [-0.2, 0) is 16.1 Å². The van der Waals surface area contributed by atoms with Crippen LogP contribution in [0.25, 0.3) is 0 Å². The zero-order chi connectivity index (χ0) is 18.9. The molecular formula is C19H31N3O3. The lowest BCUT2D eigenvalue weighted by Gasteiger charge is -2.28. The van der Waals surface area contributed by atoms with Gasteiger partial charge in [0.2, 0.25) is 0 Å². The van der Waals surface area contributed by atoms with Gasteiger partial charge in [0.1, 0.15) is 12.1 Å². The third kappa shape index (κ3) is 4.41. The third-order valence-electron chi connectivity index (χ3n) is 4.57. The van der Waals surface area contributed by atoms with Gasteiger partial charge in [0.25, 0.3) is 0 Å². The first-order valence-corrected chi connectivity index (χ1v) is 9.07. The number of carbonyl (C=O) groups is 2.